The molecule has 0 spiro atoms. The first-order chi connectivity index (χ1) is 8.36. The van der Waals surface area contributed by atoms with Gasteiger partial charge in [-0.15, -0.1) is 0 Å². The largest absolute Gasteiger partial charge is 0.459 e. The van der Waals surface area contributed by atoms with Crippen molar-refractivity contribution in [3.63, 3.8) is 0 Å². The van der Waals surface area contributed by atoms with Crippen molar-refractivity contribution in [2.24, 2.45) is 0 Å². The van der Waals surface area contributed by atoms with Gasteiger partial charge < -0.3 is 4.74 Å². The Hall–Kier alpha value is -1.40. The summed E-state index contributed by atoms with van der Waals surface area (Å²) in [6.45, 7) is 5.45. The third kappa shape index (κ3) is 3.82. The van der Waals surface area contributed by atoms with Gasteiger partial charge >= 0.3 is 5.97 Å². The van der Waals surface area contributed by atoms with Crippen molar-refractivity contribution in [3.05, 3.63) is 29.8 Å². The third-order valence-electron chi connectivity index (χ3n) is 2.06. The molecule has 0 saturated heterocycles. The van der Waals surface area contributed by atoms with Gasteiger partial charge in [-0.05, 0) is 32.0 Å². The second-order valence-corrected chi connectivity index (χ2v) is 5.75. The molecule has 0 aliphatic rings. The summed E-state index contributed by atoms with van der Waals surface area (Å²) in [7, 11) is -3.55. The van der Waals surface area contributed by atoms with Crippen molar-refractivity contribution in [2.45, 2.75) is 31.8 Å². The number of sulfonamides is 1. The fraction of sp³-hybridized carbons (Fsp3) is 0.417. The highest BCUT2D eigenvalue weighted by Crippen LogP contribution is 2.12. The van der Waals surface area contributed by atoms with Gasteiger partial charge in [-0.1, -0.05) is 13.0 Å². The minimum Gasteiger partial charge on any atom is -0.459 e. The quantitative estimate of drug-likeness (QED) is 0.825. The summed E-state index contributed by atoms with van der Waals surface area (Å²) in [5.74, 6) is -0.529. The molecule has 5 nitrogen and oxygen atoms in total. The van der Waals surface area contributed by atoms with Crippen molar-refractivity contribution in [2.75, 3.05) is 6.54 Å². The summed E-state index contributed by atoms with van der Waals surface area (Å²) in [4.78, 5) is 11.7. The lowest BCUT2D eigenvalue weighted by atomic mass is 10.2. The highest BCUT2D eigenvalue weighted by molar-refractivity contribution is 7.89. The van der Waals surface area contributed by atoms with E-state index in [4.69, 9.17) is 4.74 Å². The molecule has 1 aromatic rings. The van der Waals surface area contributed by atoms with Gasteiger partial charge in [0, 0.05) is 6.54 Å². The maximum atomic E-state index is 11.8. The molecular weight excluding hydrogens is 254 g/mol. The van der Waals surface area contributed by atoms with E-state index in [0.717, 1.165) is 0 Å². The van der Waals surface area contributed by atoms with Gasteiger partial charge in [0.15, 0.2) is 0 Å². The van der Waals surface area contributed by atoms with Crippen molar-refractivity contribution in [3.8, 4) is 0 Å². The van der Waals surface area contributed by atoms with E-state index in [-0.39, 0.29) is 16.6 Å². The molecule has 100 valence electrons. The number of ether oxygens (including phenoxy) is 1. The second kappa shape index (κ2) is 5.97. The van der Waals surface area contributed by atoms with E-state index >= 15 is 0 Å². The fourth-order valence-electron chi connectivity index (χ4n) is 1.35. The summed E-state index contributed by atoms with van der Waals surface area (Å²) < 4.78 is 30.9. The minimum atomic E-state index is -3.55. The van der Waals surface area contributed by atoms with E-state index in [0.29, 0.717) is 6.54 Å². The Bertz CT molecular complexity index is 523. The standard InChI is InChI=1S/C12H17NO4S/c1-4-13-18(15,16)11-7-5-6-10(8-11)12(14)17-9(2)3/h5-9,13H,4H2,1-3H3. The van der Waals surface area contributed by atoms with Gasteiger partial charge in [0.25, 0.3) is 0 Å². The van der Waals surface area contributed by atoms with Crippen LogP contribution < -0.4 is 4.72 Å². The Morgan fingerprint density at radius 3 is 2.61 bits per heavy atom. The number of hydrogen-bond donors (Lipinski definition) is 1. The van der Waals surface area contributed by atoms with Gasteiger partial charge in [-0.3, -0.25) is 0 Å². The zero-order valence-corrected chi connectivity index (χ0v) is 11.5. The first-order valence-electron chi connectivity index (χ1n) is 5.67. The molecule has 0 amide bonds. The molecule has 0 aliphatic heterocycles. The normalized spacial score (nSPS) is 11.6. The van der Waals surface area contributed by atoms with E-state index in [1.165, 1.54) is 24.3 Å². The van der Waals surface area contributed by atoms with Crippen molar-refractivity contribution in [1.82, 2.24) is 4.72 Å². The van der Waals surface area contributed by atoms with Crippen LogP contribution >= 0.6 is 0 Å². The number of carbonyl (C=O) groups excluding carboxylic acids is 1. The molecule has 0 atom stereocenters. The lowest BCUT2D eigenvalue weighted by molar-refractivity contribution is 0.0377. The first-order valence-corrected chi connectivity index (χ1v) is 7.16. The van der Waals surface area contributed by atoms with E-state index < -0.39 is 16.0 Å². The van der Waals surface area contributed by atoms with Crippen molar-refractivity contribution in [1.29, 1.82) is 0 Å². The molecule has 0 saturated carbocycles. The topological polar surface area (TPSA) is 72.5 Å². The molecule has 6 heteroatoms. The van der Waals surface area contributed by atoms with Crippen LogP contribution in [-0.2, 0) is 14.8 Å². The Kier molecular flexibility index (Phi) is 4.86. The van der Waals surface area contributed by atoms with Crippen LogP contribution in [0.4, 0.5) is 0 Å². The predicted octanol–water partition coefficient (Wildman–Crippen LogP) is 1.55. The summed E-state index contributed by atoms with van der Waals surface area (Å²) in [5.41, 5.74) is 0.225. The van der Waals surface area contributed by atoms with Crippen LogP contribution in [0.5, 0.6) is 0 Å². The van der Waals surface area contributed by atoms with Crippen molar-refractivity contribution < 1.29 is 17.9 Å². The summed E-state index contributed by atoms with van der Waals surface area (Å²) in [6.07, 6.45) is -0.244. The molecule has 1 N–H and O–H groups in total. The number of esters is 1. The maximum absolute atomic E-state index is 11.8. The summed E-state index contributed by atoms with van der Waals surface area (Å²) >= 11 is 0. The molecule has 1 rings (SSSR count). The molecule has 0 fully saturated rings. The number of nitrogens with one attached hydrogen (secondary N) is 1. The van der Waals surface area contributed by atoms with E-state index in [2.05, 4.69) is 4.72 Å². The Balaban J connectivity index is 3.03. The van der Waals surface area contributed by atoms with Crippen LogP contribution in [0.1, 0.15) is 31.1 Å². The lowest BCUT2D eigenvalue weighted by Gasteiger charge is -2.09. The van der Waals surface area contributed by atoms with Crippen molar-refractivity contribution >= 4 is 16.0 Å². The van der Waals surface area contributed by atoms with Crippen LogP contribution in [0.25, 0.3) is 0 Å². The third-order valence-corrected chi connectivity index (χ3v) is 3.60. The van der Waals surface area contributed by atoms with Gasteiger partial charge in [0.1, 0.15) is 0 Å². The molecule has 0 bridgehead atoms. The van der Waals surface area contributed by atoms with E-state index in [1.54, 1.807) is 20.8 Å². The molecular formula is C12H17NO4S. The SMILES string of the molecule is CCNS(=O)(=O)c1cccc(C(=O)OC(C)C)c1. The molecule has 1 aromatic carbocycles. The van der Waals surface area contributed by atoms with Crippen LogP contribution in [0.3, 0.4) is 0 Å². The highest BCUT2D eigenvalue weighted by atomic mass is 32.2. The average Bonchev–Trinajstić information content (AvgIpc) is 2.28. The van der Waals surface area contributed by atoms with Gasteiger partial charge in [-0.25, -0.2) is 17.9 Å². The molecule has 18 heavy (non-hydrogen) atoms. The molecule has 0 radical (unpaired) electrons. The van der Waals surface area contributed by atoms with E-state index in [9.17, 15) is 13.2 Å². The zero-order chi connectivity index (χ0) is 13.8. The van der Waals surface area contributed by atoms with Gasteiger partial charge in [-0.2, -0.15) is 0 Å². The maximum Gasteiger partial charge on any atom is 0.338 e. The smallest absolute Gasteiger partial charge is 0.338 e. The Morgan fingerprint density at radius 1 is 1.39 bits per heavy atom. The monoisotopic (exact) mass is 271 g/mol. The predicted molar refractivity (Wildman–Crippen MR) is 67.9 cm³/mol. The van der Waals surface area contributed by atoms with Gasteiger partial charge in [0.2, 0.25) is 10.0 Å². The van der Waals surface area contributed by atoms with Crippen LogP contribution in [0, 0.1) is 0 Å². The first kappa shape index (κ1) is 14.7. The molecule has 0 unspecified atom stereocenters. The zero-order valence-electron chi connectivity index (χ0n) is 10.6. The number of benzene rings is 1. The number of hydrogen-bond acceptors (Lipinski definition) is 4. The Labute approximate surface area is 107 Å². The highest BCUT2D eigenvalue weighted by Gasteiger charge is 2.16. The molecule has 0 aromatic heterocycles. The Morgan fingerprint density at radius 2 is 2.06 bits per heavy atom. The minimum absolute atomic E-state index is 0.0579. The van der Waals surface area contributed by atoms with Crippen LogP contribution in [-0.4, -0.2) is 27.0 Å². The summed E-state index contributed by atoms with van der Waals surface area (Å²) in [5, 5.41) is 0. The second-order valence-electron chi connectivity index (χ2n) is 3.98. The van der Waals surface area contributed by atoms with Gasteiger partial charge in [0.05, 0.1) is 16.6 Å². The molecule has 0 aliphatic carbocycles. The average molecular weight is 271 g/mol. The summed E-state index contributed by atoms with van der Waals surface area (Å²) in [6, 6.07) is 5.78. The van der Waals surface area contributed by atoms with E-state index in [1.807, 2.05) is 0 Å². The molecule has 0 heterocycles. The lowest BCUT2D eigenvalue weighted by Crippen LogP contribution is -2.23. The number of rotatable bonds is 5. The van der Waals surface area contributed by atoms with Crippen LogP contribution in [0.2, 0.25) is 0 Å². The number of carbonyl (C=O) groups is 1. The van der Waals surface area contributed by atoms with Crippen LogP contribution in [0.15, 0.2) is 29.2 Å². The fourth-order valence-corrected chi connectivity index (χ4v) is 2.43.